The van der Waals surface area contributed by atoms with E-state index in [9.17, 15) is 44.3 Å². The zero-order valence-corrected chi connectivity index (χ0v) is 22.0. The molecule has 1 unspecified atom stereocenters. The van der Waals surface area contributed by atoms with Gasteiger partial charge in [-0.3, -0.25) is 19.3 Å². The number of nitrogens with one attached hydrogen (secondary N) is 2. The zero-order valence-electron chi connectivity index (χ0n) is 21.2. The van der Waals surface area contributed by atoms with Crippen molar-refractivity contribution in [1.29, 1.82) is 0 Å². The van der Waals surface area contributed by atoms with Crippen molar-refractivity contribution in [3.63, 3.8) is 0 Å². The minimum absolute atomic E-state index is 0.0464. The first-order valence-corrected chi connectivity index (χ1v) is 13.0. The summed E-state index contributed by atoms with van der Waals surface area (Å²) < 4.78 is 5.40. The van der Waals surface area contributed by atoms with E-state index in [2.05, 4.69) is 10.6 Å². The van der Waals surface area contributed by atoms with Gasteiger partial charge in [0, 0.05) is 12.1 Å². The molecule has 0 bridgehead atoms. The largest absolute Gasteiger partial charge is 0.547 e. The van der Waals surface area contributed by atoms with Gasteiger partial charge < -0.3 is 40.5 Å². The Morgan fingerprint density at radius 1 is 1.12 bits per heavy atom. The van der Waals surface area contributed by atoms with Crippen molar-refractivity contribution in [2.24, 2.45) is 0 Å². The van der Waals surface area contributed by atoms with Gasteiger partial charge in [0.15, 0.2) is 11.5 Å². The fourth-order valence-corrected chi connectivity index (χ4v) is 5.53. The number of imide groups is 1. The molecule has 2 aromatic rings. The minimum atomic E-state index is -1.68. The summed E-state index contributed by atoms with van der Waals surface area (Å²) in [4.78, 5) is 65.7. The molecule has 0 aromatic heterocycles. The lowest BCUT2D eigenvalue weighted by atomic mass is 9.72. The van der Waals surface area contributed by atoms with Gasteiger partial charge in [-0.25, -0.2) is 9.59 Å². The van der Waals surface area contributed by atoms with E-state index in [-0.39, 0.29) is 35.9 Å². The number of carbonyl (C=O) groups excluding carboxylic acids is 4. The molecule has 3 aliphatic heterocycles. The second-order valence-electron chi connectivity index (χ2n) is 9.86. The van der Waals surface area contributed by atoms with E-state index >= 15 is 0 Å². The van der Waals surface area contributed by atoms with Gasteiger partial charge in [0.1, 0.15) is 11.8 Å². The first-order valence-electron chi connectivity index (χ1n) is 12.6. The third-order valence-electron chi connectivity index (χ3n) is 7.35. The molecule has 14 nitrogen and oxygen atoms in total. The Kier molecular flexibility index (Phi) is 7.40. The number of piperazine rings is 1. The Bertz CT molecular complexity index is 1470. The van der Waals surface area contributed by atoms with Crippen LogP contribution in [0.1, 0.15) is 40.4 Å². The van der Waals surface area contributed by atoms with E-state index < -0.39 is 65.3 Å². The van der Waals surface area contributed by atoms with Gasteiger partial charge in [-0.2, -0.15) is 0 Å². The highest BCUT2D eigenvalue weighted by molar-refractivity contribution is 6.47. The summed E-state index contributed by atoms with van der Waals surface area (Å²) in [5, 5.41) is 44.4. The first-order chi connectivity index (χ1) is 19.5. The summed E-state index contributed by atoms with van der Waals surface area (Å²) in [5.41, 5.74) is 0.0511. The number of carboxylic acid groups (broad SMARTS) is 1. The van der Waals surface area contributed by atoms with Crippen molar-refractivity contribution < 1.29 is 49.0 Å². The van der Waals surface area contributed by atoms with Crippen molar-refractivity contribution in [3.8, 4) is 17.2 Å². The van der Waals surface area contributed by atoms with E-state index in [1.807, 2.05) is 0 Å². The molecule has 5 rings (SSSR count). The number of carbonyl (C=O) groups is 5. The average molecular weight is 587 g/mol. The fraction of sp³-hybridized carbons (Fsp3) is 0.320. The van der Waals surface area contributed by atoms with Crippen molar-refractivity contribution in [1.82, 2.24) is 20.4 Å². The van der Waals surface area contributed by atoms with E-state index in [1.165, 1.54) is 23.1 Å². The normalized spacial score (nSPS) is 20.6. The van der Waals surface area contributed by atoms with Crippen LogP contribution in [0.4, 0.5) is 4.79 Å². The van der Waals surface area contributed by atoms with Crippen LogP contribution >= 0.6 is 11.6 Å². The summed E-state index contributed by atoms with van der Waals surface area (Å²) in [6, 6.07) is 3.45. The van der Waals surface area contributed by atoms with Crippen molar-refractivity contribution in [2.45, 2.75) is 37.3 Å². The monoisotopic (exact) mass is 586 g/mol. The number of phenolic OH excluding ortho intramolecular Hbond substituents is 2. The fourth-order valence-electron chi connectivity index (χ4n) is 5.26. The second-order valence-corrected chi connectivity index (χ2v) is 10.2. The molecule has 2 saturated heterocycles. The molecule has 3 heterocycles. The summed E-state index contributed by atoms with van der Waals surface area (Å²) in [6.07, 6.45) is 1.22. The quantitative estimate of drug-likeness (QED) is 0.159. The van der Waals surface area contributed by atoms with Crippen molar-refractivity contribution >= 4 is 48.4 Å². The Labute approximate surface area is 237 Å². The molecule has 3 aliphatic rings. The predicted molar refractivity (Wildman–Crippen MR) is 140 cm³/mol. The van der Waals surface area contributed by atoms with Crippen LogP contribution in [0.25, 0.3) is 0 Å². The summed E-state index contributed by atoms with van der Waals surface area (Å²) in [5.74, 6) is -6.65. The highest BCUT2D eigenvalue weighted by atomic mass is 35.5. The number of benzene rings is 2. The number of phenols is 2. The van der Waals surface area contributed by atoms with Crippen LogP contribution in [0.2, 0.25) is 5.02 Å². The SMILES string of the molecule is O=C(O)c1cccc2c1OB(O)[C@@H](NC(=O)C(NC(=O)N1C[C@H]3CCCN3C(=O)C1=O)c1ccc(O)c(O)c1Cl)C2. The van der Waals surface area contributed by atoms with E-state index in [0.717, 1.165) is 6.07 Å². The number of halogens is 1. The molecule has 0 radical (unpaired) electrons. The lowest BCUT2D eigenvalue weighted by molar-refractivity contribution is -0.155. The van der Waals surface area contributed by atoms with Gasteiger partial charge in [-0.1, -0.05) is 29.8 Å². The molecule has 2 aromatic carbocycles. The standard InChI is InChI=1S/C25H24BClN4O10/c27-17-13(6-7-15(32)19(17)33)18(29-25(39)31-10-12-4-2-8-30(12)22(35)23(31)36)21(34)28-16-9-11-3-1-5-14(24(37)38)20(11)41-26(16)40/h1,3,5-7,12,16,18,32-33,40H,2,4,8-10H2,(H,28,34)(H,29,39)(H,37,38)/t12-,16+,18?/m1/s1. The molecule has 214 valence electrons. The number of nitrogens with zero attached hydrogens (tertiary/aromatic N) is 2. The summed E-state index contributed by atoms with van der Waals surface area (Å²) in [7, 11) is -1.68. The Morgan fingerprint density at radius 2 is 1.88 bits per heavy atom. The van der Waals surface area contributed by atoms with Crippen LogP contribution in [-0.2, 0) is 20.8 Å². The van der Waals surface area contributed by atoms with E-state index in [4.69, 9.17) is 16.3 Å². The van der Waals surface area contributed by atoms with Gasteiger partial charge in [-0.05, 0) is 37.0 Å². The average Bonchev–Trinajstić information content (AvgIpc) is 3.41. The maximum Gasteiger partial charge on any atom is 0.547 e. The molecule has 41 heavy (non-hydrogen) atoms. The van der Waals surface area contributed by atoms with Crippen LogP contribution in [-0.4, -0.2) is 92.1 Å². The smallest absolute Gasteiger partial charge is 0.534 e. The van der Waals surface area contributed by atoms with Crippen LogP contribution in [0.5, 0.6) is 17.2 Å². The number of urea groups is 1. The topological polar surface area (TPSA) is 206 Å². The number of carboxylic acids is 1. The highest BCUT2D eigenvalue weighted by Gasteiger charge is 2.45. The Balaban J connectivity index is 1.41. The maximum atomic E-state index is 13.6. The number of hydrogen-bond acceptors (Lipinski definition) is 9. The Hall–Kier alpha value is -4.50. The third kappa shape index (κ3) is 5.09. The maximum absolute atomic E-state index is 13.6. The molecular weight excluding hydrogens is 563 g/mol. The lowest BCUT2D eigenvalue weighted by Crippen LogP contribution is -2.62. The molecule has 0 spiro atoms. The number of para-hydroxylation sites is 1. The van der Waals surface area contributed by atoms with Gasteiger partial charge in [-0.15, -0.1) is 0 Å². The van der Waals surface area contributed by atoms with Gasteiger partial charge >= 0.3 is 30.9 Å². The van der Waals surface area contributed by atoms with Crippen LogP contribution < -0.4 is 15.3 Å². The predicted octanol–water partition coefficient (Wildman–Crippen LogP) is 0.173. The van der Waals surface area contributed by atoms with Crippen LogP contribution in [0, 0.1) is 0 Å². The van der Waals surface area contributed by atoms with Crippen LogP contribution in [0.3, 0.4) is 0 Å². The van der Waals surface area contributed by atoms with Gasteiger partial charge in [0.2, 0.25) is 5.91 Å². The minimum Gasteiger partial charge on any atom is -0.534 e. The summed E-state index contributed by atoms with van der Waals surface area (Å²) >= 11 is 6.20. The highest BCUT2D eigenvalue weighted by Crippen LogP contribution is 2.38. The number of rotatable bonds is 5. The number of fused-ring (bicyclic) bond motifs is 2. The first kappa shape index (κ1) is 28.0. The molecule has 16 heteroatoms. The van der Waals surface area contributed by atoms with Gasteiger partial charge in [0.25, 0.3) is 0 Å². The molecule has 2 fully saturated rings. The second kappa shape index (κ2) is 10.8. The van der Waals surface area contributed by atoms with Crippen molar-refractivity contribution in [3.05, 3.63) is 52.0 Å². The van der Waals surface area contributed by atoms with Crippen molar-refractivity contribution in [2.75, 3.05) is 13.1 Å². The molecule has 0 aliphatic carbocycles. The van der Waals surface area contributed by atoms with E-state index in [0.29, 0.717) is 29.8 Å². The lowest BCUT2D eigenvalue weighted by Gasteiger charge is -2.36. The number of amides is 5. The third-order valence-corrected chi connectivity index (χ3v) is 7.74. The molecule has 0 saturated carbocycles. The number of hydrogen-bond donors (Lipinski definition) is 6. The molecule has 3 atom stereocenters. The number of aromatic hydroxyl groups is 2. The van der Waals surface area contributed by atoms with E-state index in [1.54, 1.807) is 6.07 Å². The van der Waals surface area contributed by atoms with Crippen LogP contribution in [0.15, 0.2) is 30.3 Å². The molecular formula is C25H24BClN4O10. The summed E-state index contributed by atoms with van der Waals surface area (Å²) in [6.45, 7) is 0.318. The zero-order chi connectivity index (χ0) is 29.6. The molecule has 6 N–H and O–H groups in total. The molecule has 5 amide bonds. The van der Waals surface area contributed by atoms with Gasteiger partial charge in [0.05, 0.1) is 29.1 Å². The number of aromatic carboxylic acids is 1. The Morgan fingerprint density at radius 3 is 2.61 bits per heavy atom.